The minimum Gasteiger partial charge on any atom is -0.376 e. The van der Waals surface area contributed by atoms with E-state index >= 15 is 0 Å². The molecule has 9 heteroatoms. The first-order valence-corrected chi connectivity index (χ1v) is 11.6. The Hall–Kier alpha value is -3.33. The van der Waals surface area contributed by atoms with Crippen LogP contribution in [0.15, 0.2) is 71.6 Å². The van der Waals surface area contributed by atoms with E-state index in [9.17, 15) is 26.4 Å². The summed E-state index contributed by atoms with van der Waals surface area (Å²) >= 11 is 0. The van der Waals surface area contributed by atoms with Gasteiger partial charge in [-0.3, -0.25) is 4.79 Å². The van der Waals surface area contributed by atoms with E-state index in [1.54, 1.807) is 43.3 Å². The van der Waals surface area contributed by atoms with E-state index in [1.165, 1.54) is 30.3 Å². The molecule has 0 aliphatic rings. The zero-order valence-electron chi connectivity index (χ0n) is 18.3. The first-order chi connectivity index (χ1) is 15.4. The van der Waals surface area contributed by atoms with Crippen molar-refractivity contribution in [3.8, 4) is 0 Å². The van der Waals surface area contributed by atoms with Crippen molar-refractivity contribution in [2.75, 3.05) is 24.3 Å². The lowest BCUT2D eigenvalue weighted by Crippen LogP contribution is -2.18. The van der Waals surface area contributed by atoms with Gasteiger partial charge in [0, 0.05) is 19.7 Å². The van der Waals surface area contributed by atoms with Gasteiger partial charge in [0.2, 0.25) is 0 Å². The lowest BCUT2D eigenvalue weighted by atomic mass is 10.1. The Morgan fingerprint density at radius 2 is 1.55 bits per heavy atom. The standard InChI is InChI=1S/C24H23F3N2O3S/c1-16-4-11-20(12-5-16)33(31,32)15-17-6-8-18(9-7-17)23(30)28-21-14-19(24(25,26)27)10-13-22(21)29(2)3/h4-14H,15H2,1-3H3,(H,28,30). The normalized spacial score (nSPS) is 11.8. The van der Waals surface area contributed by atoms with Crippen molar-refractivity contribution in [2.45, 2.75) is 23.7 Å². The molecule has 0 heterocycles. The number of benzene rings is 3. The molecule has 3 rings (SSSR count). The average molecular weight is 477 g/mol. The van der Waals surface area contributed by atoms with Crippen LogP contribution >= 0.6 is 0 Å². The highest BCUT2D eigenvalue weighted by molar-refractivity contribution is 7.90. The van der Waals surface area contributed by atoms with E-state index in [0.717, 1.165) is 17.7 Å². The lowest BCUT2D eigenvalue weighted by molar-refractivity contribution is -0.137. The number of amides is 1. The van der Waals surface area contributed by atoms with Crippen LogP contribution in [-0.4, -0.2) is 28.4 Å². The monoisotopic (exact) mass is 476 g/mol. The van der Waals surface area contributed by atoms with Crippen LogP contribution in [0.25, 0.3) is 0 Å². The number of anilines is 2. The van der Waals surface area contributed by atoms with E-state index in [1.807, 2.05) is 6.92 Å². The Morgan fingerprint density at radius 1 is 0.939 bits per heavy atom. The molecule has 0 aromatic heterocycles. The van der Waals surface area contributed by atoms with Crippen LogP contribution in [0.4, 0.5) is 24.5 Å². The zero-order chi connectivity index (χ0) is 24.4. The van der Waals surface area contributed by atoms with Gasteiger partial charge in [-0.05, 0) is 55.0 Å². The summed E-state index contributed by atoms with van der Waals surface area (Å²) < 4.78 is 64.5. The van der Waals surface area contributed by atoms with Crippen molar-refractivity contribution < 1.29 is 26.4 Å². The van der Waals surface area contributed by atoms with Gasteiger partial charge < -0.3 is 10.2 Å². The van der Waals surface area contributed by atoms with E-state index in [4.69, 9.17) is 0 Å². The van der Waals surface area contributed by atoms with Crippen molar-refractivity contribution in [1.82, 2.24) is 0 Å². The summed E-state index contributed by atoms with van der Waals surface area (Å²) in [5, 5.41) is 2.52. The Balaban J connectivity index is 1.79. The highest BCUT2D eigenvalue weighted by Gasteiger charge is 2.31. The number of nitrogens with zero attached hydrogens (tertiary/aromatic N) is 1. The van der Waals surface area contributed by atoms with Gasteiger partial charge in [0.25, 0.3) is 5.91 Å². The summed E-state index contributed by atoms with van der Waals surface area (Å²) in [7, 11) is -0.250. The van der Waals surface area contributed by atoms with Crippen LogP contribution in [0.3, 0.4) is 0 Å². The maximum Gasteiger partial charge on any atom is 0.416 e. The van der Waals surface area contributed by atoms with Gasteiger partial charge in [-0.25, -0.2) is 8.42 Å². The summed E-state index contributed by atoms with van der Waals surface area (Å²) in [5.74, 6) is -0.846. The molecule has 1 amide bonds. The molecular formula is C24H23F3N2O3S. The van der Waals surface area contributed by atoms with Gasteiger partial charge in [0.1, 0.15) is 0 Å². The van der Waals surface area contributed by atoms with E-state index in [-0.39, 0.29) is 21.9 Å². The molecule has 5 nitrogen and oxygen atoms in total. The van der Waals surface area contributed by atoms with Crippen LogP contribution < -0.4 is 10.2 Å². The number of carbonyl (C=O) groups is 1. The fourth-order valence-corrected chi connectivity index (χ4v) is 4.55. The topological polar surface area (TPSA) is 66.5 Å². The Bertz CT molecular complexity index is 1250. The summed E-state index contributed by atoms with van der Waals surface area (Å²) in [4.78, 5) is 14.5. The number of hydrogen-bond donors (Lipinski definition) is 1. The molecule has 0 saturated heterocycles. The fraction of sp³-hybridized carbons (Fsp3) is 0.208. The van der Waals surface area contributed by atoms with Gasteiger partial charge >= 0.3 is 6.18 Å². The van der Waals surface area contributed by atoms with Gasteiger partial charge in [-0.15, -0.1) is 0 Å². The third kappa shape index (κ3) is 5.92. The summed E-state index contributed by atoms with van der Waals surface area (Å²) in [6.07, 6.45) is -4.55. The Morgan fingerprint density at radius 3 is 2.09 bits per heavy atom. The SMILES string of the molecule is Cc1ccc(S(=O)(=O)Cc2ccc(C(=O)Nc3cc(C(F)(F)F)ccc3N(C)C)cc2)cc1. The predicted molar refractivity (Wildman–Crippen MR) is 122 cm³/mol. The molecule has 0 unspecified atom stereocenters. The van der Waals surface area contributed by atoms with Crippen molar-refractivity contribution >= 4 is 27.1 Å². The number of alkyl halides is 3. The third-order valence-corrected chi connectivity index (χ3v) is 6.71. The number of hydrogen-bond acceptors (Lipinski definition) is 4. The van der Waals surface area contributed by atoms with Gasteiger partial charge in [-0.1, -0.05) is 29.8 Å². The molecule has 3 aromatic rings. The number of sulfone groups is 1. The first kappa shape index (κ1) is 24.3. The molecule has 0 bridgehead atoms. The predicted octanol–water partition coefficient (Wildman–Crippen LogP) is 5.31. The highest BCUT2D eigenvalue weighted by atomic mass is 32.2. The number of nitrogens with one attached hydrogen (secondary N) is 1. The fourth-order valence-electron chi connectivity index (χ4n) is 3.20. The molecule has 0 fully saturated rings. The molecule has 174 valence electrons. The lowest BCUT2D eigenvalue weighted by Gasteiger charge is -2.20. The van der Waals surface area contributed by atoms with Crippen molar-refractivity contribution in [2.24, 2.45) is 0 Å². The minimum atomic E-state index is -4.55. The average Bonchev–Trinajstić information content (AvgIpc) is 2.73. The van der Waals surface area contributed by atoms with Gasteiger partial charge in [-0.2, -0.15) is 13.2 Å². The Kier molecular flexibility index (Phi) is 6.83. The number of rotatable bonds is 6. The molecule has 0 spiro atoms. The van der Waals surface area contributed by atoms with Crippen LogP contribution in [0.5, 0.6) is 0 Å². The highest BCUT2D eigenvalue weighted by Crippen LogP contribution is 2.35. The second-order valence-electron chi connectivity index (χ2n) is 7.85. The van der Waals surface area contributed by atoms with Crippen LogP contribution in [0.1, 0.15) is 27.0 Å². The second kappa shape index (κ2) is 9.27. The zero-order valence-corrected chi connectivity index (χ0v) is 19.1. The molecule has 33 heavy (non-hydrogen) atoms. The Labute approximate surface area is 190 Å². The number of carbonyl (C=O) groups excluding carboxylic acids is 1. The molecule has 1 N–H and O–H groups in total. The molecule has 0 aliphatic carbocycles. The summed E-state index contributed by atoms with van der Waals surface area (Å²) in [5.41, 5.74) is 1.18. The largest absolute Gasteiger partial charge is 0.416 e. The van der Waals surface area contributed by atoms with E-state index in [0.29, 0.717) is 11.3 Å². The van der Waals surface area contributed by atoms with Crippen LogP contribution in [0, 0.1) is 6.92 Å². The smallest absolute Gasteiger partial charge is 0.376 e. The van der Waals surface area contributed by atoms with Gasteiger partial charge in [0.15, 0.2) is 9.84 Å². The van der Waals surface area contributed by atoms with Crippen LogP contribution in [0.2, 0.25) is 0 Å². The molecular weight excluding hydrogens is 453 g/mol. The molecule has 0 atom stereocenters. The maximum absolute atomic E-state index is 13.1. The van der Waals surface area contributed by atoms with Crippen molar-refractivity contribution in [3.05, 3.63) is 89.0 Å². The summed E-state index contributed by atoms with van der Waals surface area (Å²) in [6.45, 7) is 1.86. The van der Waals surface area contributed by atoms with Crippen molar-refractivity contribution in [3.63, 3.8) is 0 Å². The quantitative estimate of drug-likeness (QED) is 0.524. The minimum absolute atomic E-state index is 0.0193. The van der Waals surface area contributed by atoms with E-state index < -0.39 is 27.5 Å². The summed E-state index contributed by atoms with van der Waals surface area (Å²) in [6, 6.07) is 15.6. The second-order valence-corrected chi connectivity index (χ2v) is 9.84. The maximum atomic E-state index is 13.1. The van der Waals surface area contributed by atoms with Gasteiger partial charge in [0.05, 0.1) is 27.6 Å². The number of aryl methyl sites for hydroxylation is 1. The molecule has 0 radical (unpaired) electrons. The first-order valence-electron chi connectivity index (χ1n) is 9.95. The molecule has 0 saturated carbocycles. The third-order valence-electron chi connectivity index (χ3n) is 5.01. The van der Waals surface area contributed by atoms with Crippen molar-refractivity contribution in [1.29, 1.82) is 0 Å². The molecule has 3 aromatic carbocycles. The number of halogens is 3. The van der Waals surface area contributed by atoms with E-state index in [2.05, 4.69) is 5.32 Å². The van der Waals surface area contributed by atoms with Crippen LogP contribution in [-0.2, 0) is 21.8 Å². The molecule has 0 aliphatic heterocycles.